The molecular weight excluding hydrogens is 488 g/mol. The number of aliphatic hydroxyl groups is 1. The van der Waals surface area contributed by atoms with Gasteiger partial charge >= 0.3 is 6.18 Å². The largest absolute Gasteiger partial charge is 0.417 e. The Kier molecular flexibility index (Phi) is 7.16. The van der Waals surface area contributed by atoms with Crippen LogP contribution in [0.25, 0.3) is 10.9 Å². The van der Waals surface area contributed by atoms with E-state index in [0.29, 0.717) is 41.7 Å². The van der Waals surface area contributed by atoms with E-state index >= 15 is 0 Å². The number of carbonyl (C=O) groups is 1. The maximum absolute atomic E-state index is 14.3. The van der Waals surface area contributed by atoms with E-state index in [1.807, 2.05) is 12.1 Å². The van der Waals surface area contributed by atoms with Crippen LogP contribution in [-0.2, 0) is 21.4 Å². The zero-order valence-corrected chi connectivity index (χ0v) is 21.4. The third-order valence-electron chi connectivity index (χ3n) is 7.26. The van der Waals surface area contributed by atoms with E-state index in [9.17, 15) is 27.5 Å². The number of aromatic nitrogens is 1. The average Bonchev–Trinajstić information content (AvgIpc) is 3.20. The minimum atomic E-state index is -4.92. The van der Waals surface area contributed by atoms with Crippen LogP contribution in [0.1, 0.15) is 55.7 Å². The van der Waals surface area contributed by atoms with Gasteiger partial charge in [0.1, 0.15) is 11.9 Å². The highest BCUT2D eigenvalue weighted by Gasteiger charge is 2.56. The zero-order chi connectivity index (χ0) is 27.2. The van der Waals surface area contributed by atoms with Gasteiger partial charge in [0, 0.05) is 36.5 Å². The second kappa shape index (κ2) is 9.76. The van der Waals surface area contributed by atoms with Crippen LogP contribution in [0.4, 0.5) is 17.6 Å². The summed E-state index contributed by atoms with van der Waals surface area (Å²) < 4.78 is 62.6. The van der Waals surface area contributed by atoms with E-state index in [4.69, 9.17) is 4.74 Å². The van der Waals surface area contributed by atoms with Crippen molar-refractivity contribution in [3.05, 3.63) is 70.7 Å². The molecule has 1 amide bonds. The molecule has 1 aliphatic heterocycles. The second-order valence-corrected chi connectivity index (χ2v) is 10.7. The van der Waals surface area contributed by atoms with Crippen LogP contribution in [0.15, 0.2) is 42.5 Å². The highest BCUT2D eigenvalue weighted by Crippen LogP contribution is 2.44. The molecule has 0 spiro atoms. The number of benzene rings is 2. The average molecular weight is 521 g/mol. The molecule has 2 heterocycles. The number of alkyl halides is 3. The lowest BCUT2D eigenvalue weighted by atomic mass is 9.72. The van der Waals surface area contributed by atoms with Crippen molar-refractivity contribution in [1.29, 1.82) is 0 Å². The summed E-state index contributed by atoms with van der Waals surface area (Å²) in [6.07, 6.45) is -6.58. The Labute approximate surface area is 213 Å². The van der Waals surface area contributed by atoms with Crippen LogP contribution in [-0.4, -0.2) is 52.4 Å². The first kappa shape index (κ1) is 27.1. The summed E-state index contributed by atoms with van der Waals surface area (Å²) in [7, 11) is 0. The highest BCUT2D eigenvalue weighted by molar-refractivity contribution is 5.81. The number of H-pyrrole nitrogens is 1. The Morgan fingerprint density at radius 2 is 1.89 bits per heavy atom. The van der Waals surface area contributed by atoms with Crippen molar-refractivity contribution < 1.29 is 32.2 Å². The topological polar surface area (TPSA) is 65.6 Å². The first-order chi connectivity index (χ1) is 17.2. The van der Waals surface area contributed by atoms with E-state index in [1.165, 1.54) is 25.1 Å². The van der Waals surface area contributed by atoms with Crippen molar-refractivity contribution in [2.45, 2.75) is 63.8 Å². The lowest BCUT2D eigenvalue weighted by Gasteiger charge is -2.38. The fourth-order valence-electron chi connectivity index (χ4n) is 5.37. The molecule has 2 atom stereocenters. The Bertz CT molecular complexity index is 1300. The van der Waals surface area contributed by atoms with Gasteiger partial charge in [0.05, 0.1) is 13.2 Å². The molecule has 0 radical (unpaired) electrons. The Morgan fingerprint density at radius 1 is 1.16 bits per heavy atom. The van der Waals surface area contributed by atoms with Crippen LogP contribution < -0.4 is 0 Å². The molecule has 2 N–H and O–H groups in total. The van der Waals surface area contributed by atoms with E-state index in [2.05, 4.69) is 4.98 Å². The number of hydrogen-bond donors (Lipinski definition) is 2. The molecule has 1 saturated heterocycles. The molecule has 1 aliphatic rings. The number of fused-ring (bicyclic) bond motifs is 1. The number of amides is 1. The number of hydrogen-bond acceptors (Lipinski definition) is 3. The normalized spacial score (nSPS) is 18.7. The third kappa shape index (κ3) is 5.67. The molecule has 2 unspecified atom stereocenters. The SMILES string of the molecule is CC(=O)N1CCOC(c2ccc3[nH]c(CC(O)(CC(C)(C)c4cc(F)ccc4C)C(F)(F)F)cc3c2)C1. The summed E-state index contributed by atoms with van der Waals surface area (Å²) in [5.41, 5.74) is -1.45. The van der Waals surface area contributed by atoms with Gasteiger partial charge in [-0.05, 0) is 65.8 Å². The fraction of sp³-hybridized carbons (Fsp3) is 0.464. The van der Waals surface area contributed by atoms with Crippen molar-refractivity contribution in [2.75, 3.05) is 19.7 Å². The van der Waals surface area contributed by atoms with Crippen LogP contribution in [0.3, 0.4) is 0 Å². The molecule has 0 bridgehead atoms. The first-order valence-electron chi connectivity index (χ1n) is 12.2. The smallest absolute Gasteiger partial charge is 0.380 e. The molecule has 2 aromatic carbocycles. The molecule has 1 aromatic heterocycles. The summed E-state index contributed by atoms with van der Waals surface area (Å²) in [6, 6.07) is 11.0. The number of nitrogens with zero attached hydrogens (tertiary/aromatic N) is 1. The van der Waals surface area contributed by atoms with Crippen molar-refractivity contribution >= 4 is 16.8 Å². The van der Waals surface area contributed by atoms with Crippen LogP contribution >= 0.6 is 0 Å². The predicted molar refractivity (Wildman–Crippen MR) is 133 cm³/mol. The number of aromatic amines is 1. The number of carbonyl (C=O) groups excluding carboxylic acids is 1. The molecular formula is C28H32F4N2O3. The summed E-state index contributed by atoms with van der Waals surface area (Å²) in [5.74, 6) is -0.579. The first-order valence-corrected chi connectivity index (χ1v) is 12.2. The Hall–Kier alpha value is -2.91. The lowest BCUT2D eigenvalue weighted by Crippen LogP contribution is -2.51. The van der Waals surface area contributed by atoms with E-state index in [-0.39, 0.29) is 17.7 Å². The maximum Gasteiger partial charge on any atom is 0.417 e. The lowest BCUT2D eigenvalue weighted by molar-refractivity contribution is -0.266. The van der Waals surface area contributed by atoms with Crippen molar-refractivity contribution in [3.63, 3.8) is 0 Å². The molecule has 0 aliphatic carbocycles. The monoisotopic (exact) mass is 520 g/mol. The minimum Gasteiger partial charge on any atom is -0.380 e. The van der Waals surface area contributed by atoms with Gasteiger partial charge in [0.25, 0.3) is 0 Å². The van der Waals surface area contributed by atoms with Gasteiger partial charge in [-0.3, -0.25) is 4.79 Å². The number of rotatable bonds is 6. The maximum atomic E-state index is 14.3. The van der Waals surface area contributed by atoms with E-state index in [1.54, 1.807) is 37.8 Å². The summed E-state index contributed by atoms with van der Waals surface area (Å²) in [5, 5.41) is 11.7. The van der Waals surface area contributed by atoms with Gasteiger partial charge in [0.15, 0.2) is 5.60 Å². The van der Waals surface area contributed by atoms with Crippen molar-refractivity contribution in [2.24, 2.45) is 0 Å². The van der Waals surface area contributed by atoms with Gasteiger partial charge < -0.3 is 19.7 Å². The summed E-state index contributed by atoms with van der Waals surface area (Å²) >= 11 is 0. The third-order valence-corrected chi connectivity index (χ3v) is 7.26. The molecule has 37 heavy (non-hydrogen) atoms. The molecule has 5 nitrogen and oxygen atoms in total. The molecule has 0 saturated carbocycles. The van der Waals surface area contributed by atoms with E-state index in [0.717, 1.165) is 5.56 Å². The summed E-state index contributed by atoms with van der Waals surface area (Å²) in [4.78, 5) is 16.5. The Morgan fingerprint density at radius 3 is 2.57 bits per heavy atom. The van der Waals surface area contributed by atoms with E-state index < -0.39 is 35.9 Å². The Balaban J connectivity index is 1.61. The van der Waals surface area contributed by atoms with Gasteiger partial charge in [-0.25, -0.2) is 4.39 Å². The van der Waals surface area contributed by atoms with Crippen LogP contribution in [0, 0.1) is 12.7 Å². The zero-order valence-electron chi connectivity index (χ0n) is 21.4. The van der Waals surface area contributed by atoms with Crippen molar-refractivity contribution in [3.8, 4) is 0 Å². The van der Waals surface area contributed by atoms with Gasteiger partial charge in [-0.2, -0.15) is 13.2 Å². The number of nitrogens with one attached hydrogen (secondary N) is 1. The summed E-state index contributed by atoms with van der Waals surface area (Å²) in [6.45, 7) is 7.70. The van der Waals surface area contributed by atoms with Gasteiger partial charge in [0.2, 0.25) is 5.91 Å². The number of halogens is 4. The van der Waals surface area contributed by atoms with Crippen LogP contribution in [0.5, 0.6) is 0 Å². The number of ether oxygens (including phenoxy) is 1. The second-order valence-electron chi connectivity index (χ2n) is 10.7. The highest BCUT2D eigenvalue weighted by atomic mass is 19.4. The number of aryl methyl sites for hydroxylation is 1. The van der Waals surface area contributed by atoms with Crippen LogP contribution in [0.2, 0.25) is 0 Å². The molecule has 4 rings (SSSR count). The predicted octanol–water partition coefficient (Wildman–Crippen LogP) is 5.74. The van der Waals surface area contributed by atoms with Gasteiger partial charge in [-0.15, -0.1) is 0 Å². The molecule has 3 aromatic rings. The minimum absolute atomic E-state index is 0.0406. The van der Waals surface area contributed by atoms with Crippen molar-refractivity contribution in [1.82, 2.24) is 9.88 Å². The van der Waals surface area contributed by atoms with Gasteiger partial charge in [-0.1, -0.05) is 26.0 Å². The quantitative estimate of drug-likeness (QED) is 0.408. The molecule has 9 heteroatoms. The standard InChI is InChI=1S/C28H32F4N2O3/c1-17-5-7-21(29)13-23(17)26(3,4)16-27(36,28(30,31)32)14-22-12-20-11-19(6-8-24(20)33-22)25-15-34(18(2)35)9-10-37-25/h5-8,11-13,25,33,36H,9-10,14-16H2,1-4H3. The number of morpholine rings is 1. The molecule has 1 fully saturated rings. The molecule has 200 valence electrons. The fourth-order valence-corrected chi connectivity index (χ4v) is 5.37.